The summed E-state index contributed by atoms with van der Waals surface area (Å²) in [5.74, 6) is -1.11. The third-order valence-corrected chi connectivity index (χ3v) is 11.8. The molecule has 194 valence electrons. The zero-order valence-electron chi connectivity index (χ0n) is 22.2. The van der Waals surface area contributed by atoms with Gasteiger partial charge in [0, 0.05) is 6.08 Å². The molecule has 6 nitrogen and oxygen atoms in total. The van der Waals surface area contributed by atoms with Crippen molar-refractivity contribution in [2.45, 2.75) is 70.7 Å². The highest BCUT2D eigenvalue weighted by atomic mass is 28.4. The zero-order valence-corrected chi connectivity index (χ0v) is 23.2. The van der Waals surface area contributed by atoms with Gasteiger partial charge >= 0.3 is 5.97 Å². The lowest BCUT2D eigenvalue weighted by atomic mass is 10.0. The monoisotopic (exact) mass is 510 g/mol. The quantitative estimate of drug-likeness (QED) is 0.319. The first-order valence-electron chi connectivity index (χ1n) is 12.7. The first-order valence-corrected chi connectivity index (χ1v) is 14.6. The topological polar surface area (TPSA) is 63.2 Å². The molecule has 7 heteroatoms. The molecular formula is C29H38O6Si. The molecule has 2 saturated heterocycles. The molecule has 2 aliphatic heterocycles. The lowest BCUT2D eigenvalue weighted by Crippen LogP contribution is -2.68. The van der Waals surface area contributed by atoms with Crippen LogP contribution in [0.2, 0.25) is 5.04 Å². The maximum absolute atomic E-state index is 12.7. The summed E-state index contributed by atoms with van der Waals surface area (Å²) in [6.45, 7) is 13.3. The molecule has 0 unspecified atom stereocenters. The largest absolute Gasteiger partial charge is 0.463 e. The van der Waals surface area contributed by atoms with E-state index in [1.54, 1.807) is 13.0 Å². The minimum Gasteiger partial charge on any atom is -0.463 e. The highest BCUT2D eigenvalue weighted by Gasteiger charge is 2.54. The van der Waals surface area contributed by atoms with Crippen molar-refractivity contribution in [2.75, 3.05) is 19.8 Å². The van der Waals surface area contributed by atoms with Crippen LogP contribution in [0.15, 0.2) is 72.3 Å². The van der Waals surface area contributed by atoms with Crippen molar-refractivity contribution >= 4 is 24.7 Å². The second kappa shape index (κ2) is 10.6. The SMILES string of the molecule is CCOC(=O)/C=C1/[C@@H](O[Si](c2ccccc2)(c2ccccc2)C(C)(C)C)CO[C@@H]1[C@H]1COC(C)(C)O1. The molecule has 4 rings (SSSR count). The van der Waals surface area contributed by atoms with Crippen LogP contribution in [0.4, 0.5) is 0 Å². The summed E-state index contributed by atoms with van der Waals surface area (Å²) < 4.78 is 30.8. The number of hydrogen-bond donors (Lipinski definition) is 0. The summed E-state index contributed by atoms with van der Waals surface area (Å²) in [6.07, 6.45) is 0.309. The third-order valence-electron chi connectivity index (χ3n) is 6.80. The van der Waals surface area contributed by atoms with E-state index in [2.05, 4.69) is 69.3 Å². The van der Waals surface area contributed by atoms with Gasteiger partial charge in [-0.2, -0.15) is 0 Å². The molecule has 2 aliphatic rings. The summed E-state index contributed by atoms with van der Waals surface area (Å²) in [6, 6.07) is 20.9. The highest BCUT2D eigenvalue weighted by molar-refractivity contribution is 6.99. The Balaban J connectivity index is 1.79. The van der Waals surface area contributed by atoms with Gasteiger partial charge in [-0.05, 0) is 41.8 Å². The van der Waals surface area contributed by atoms with Crippen LogP contribution in [-0.4, -0.2) is 58.2 Å². The molecule has 0 radical (unpaired) electrons. The molecular weight excluding hydrogens is 472 g/mol. The Hall–Kier alpha value is -2.29. The fourth-order valence-corrected chi connectivity index (χ4v) is 9.90. The van der Waals surface area contributed by atoms with Crippen molar-refractivity contribution in [3.63, 3.8) is 0 Å². The number of ether oxygens (including phenoxy) is 4. The van der Waals surface area contributed by atoms with Crippen LogP contribution in [0.1, 0.15) is 41.5 Å². The summed E-state index contributed by atoms with van der Waals surface area (Å²) in [5.41, 5.74) is 0.743. The molecule has 2 aromatic carbocycles. The Kier molecular flexibility index (Phi) is 7.88. The Morgan fingerprint density at radius 1 is 1.03 bits per heavy atom. The number of hydrogen-bond acceptors (Lipinski definition) is 6. The predicted octanol–water partition coefficient (Wildman–Crippen LogP) is 3.97. The molecule has 3 atom stereocenters. The summed E-state index contributed by atoms with van der Waals surface area (Å²) in [4.78, 5) is 12.7. The Morgan fingerprint density at radius 2 is 1.61 bits per heavy atom. The normalized spacial score (nSPS) is 25.3. The molecule has 0 saturated carbocycles. The zero-order chi connectivity index (χ0) is 26.0. The van der Waals surface area contributed by atoms with E-state index in [4.69, 9.17) is 23.4 Å². The van der Waals surface area contributed by atoms with Crippen LogP contribution in [0.3, 0.4) is 0 Å². The van der Waals surface area contributed by atoms with Crippen LogP contribution in [0, 0.1) is 0 Å². The lowest BCUT2D eigenvalue weighted by Gasteiger charge is -2.44. The lowest BCUT2D eigenvalue weighted by molar-refractivity contribution is -0.149. The van der Waals surface area contributed by atoms with E-state index in [9.17, 15) is 4.79 Å². The Labute approximate surface area is 215 Å². The molecule has 0 amide bonds. The van der Waals surface area contributed by atoms with E-state index in [1.807, 2.05) is 26.0 Å². The Morgan fingerprint density at radius 3 is 2.08 bits per heavy atom. The standard InChI is InChI=1S/C29H38O6Si/c1-7-31-26(30)18-23-24(19-32-27(23)25-20-33-29(5,6)34-25)35-36(28(2,3)4,21-14-10-8-11-15-21)22-16-12-9-13-17-22/h8-18,24-25,27H,7,19-20H2,1-6H3/b23-18-/t24-,25+,27-/m0/s1. The first kappa shape index (κ1) is 26.8. The second-order valence-electron chi connectivity index (χ2n) is 10.8. The highest BCUT2D eigenvalue weighted by Crippen LogP contribution is 2.41. The molecule has 0 aliphatic carbocycles. The van der Waals surface area contributed by atoms with E-state index in [1.165, 1.54) is 10.4 Å². The minimum absolute atomic E-state index is 0.211. The van der Waals surface area contributed by atoms with Crippen molar-refractivity contribution in [1.29, 1.82) is 0 Å². The summed E-state index contributed by atoms with van der Waals surface area (Å²) in [5, 5.41) is 2.13. The maximum Gasteiger partial charge on any atom is 0.330 e. The average Bonchev–Trinajstić information content (AvgIpc) is 3.39. The van der Waals surface area contributed by atoms with Crippen LogP contribution >= 0.6 is 0 Å². The van der Waals surface area contributed by atoms with Crippen molar-refractivity contribution in [3.05, 3.63) is 72.3 Å². The first-order chi connectivity index (χ1) is 17.1. The van der Waals surface area contributed by atoms with Crippen LogP contribution < -0.4 is 10.4 Å². The number of benzene rings is 2. The van der Waals surface area contributed by atoms with Gasteiger partial charge in [0.15, 0.2) is 5.79 Å². The Bertz CT molecular complexity index is 1020. The minimum atomic E-state index is -2.87. The van der Waals surface area contributed by atoms with Gasteiger partial charge in [0.05, 0.1) is 25.9 Å². The molecule has 2 fully saturated rings. The molecule has 0 bridgehead atoms. The second-order valence-corrected chi connectivity index (χ2v) is 15.0. The predicted molar refractivity (Wildman–Crippen MR) is 142 cm³/mol. The van der Waals surface area contributed by atoms with Crippen molar-refractivity contribution < 1.29 is 28.2 Å². The number of carbonyl (C=O) groups is 1. The van der Waals surface area contributed by atoms with Gasteiger partial charge in [0.1, 0.15) is 12.2 Å². The van der Waals surface area contributed by atoms with E-state index >= 15 is 0 Å². The van der Waals surface area contributed by atoms with Crippen molar-refractivity contribution in [3.8, 4) is 0 Å². The molecule has 2 aromatic rings. The van der Waals surface area contributed by atoms with E-state index in [-0.39, 0.29) is 11.1 Å². The smallest absolute Gasteiger partial charge is 0.330 e. The summed E-state index contributed by atoms with van der Waals surface area (Å²) in [7, 11) is -2.87. The van der Waals surface area contributed by atoms with Crippen LogP contribution in [0.25, 0.3) is 0 Å². The summed E-state index contributed by atoms with van der Waals surface area (Å²) >= 11 is 0. The number of esters is 1. The van der Waals surface area contributed by atoms with Gasteiger partial charge < -0.3 is 23.4 Å². The van der Waals surface area contributed by atoms with Crippen LogP contribution in [-0.2, 0) is 28.2 Å². The van der Waals surface area contributed by atoms with Crippen LogP contribution in [0.5, 0.6) is 0 Å². The molecule has 36 heavy (non-hydrogen) atoms. The fraction of sp³-hybridized carbons (Fsp3) is 0.483. The van der Waals surface area contributed by atoms with E-state index in [0.29, 0.717) is 19.8 Å². The molecule has 0 aromatic heterocycles. The number of carbonyl (C=O) groups excluding carboxylic acids is 1. The van der Waals surface area contributed by atoms with E-state index < -0.39 is 32.3 Å². The average molecular weight is 511 g/mol. The van der Waals surface area contributed by atoms with Gasteiger partial charge in [0.2, 0.25) is 0 Å². The third kappa shape index (κ3) is 5.36. The van der Waals surface area contributed by atoms with Gasteiger partial charge in [-0.3, -0.25) is 0 Å². The van der Waals surface area contributed by atoms with Gasteiger partial charge in [-0.1, -0.05) is 81.4 Å². The van der Waals surface area contributed by atoms with Crippen molar-refractivity contribution in [2.24, 2.45) is 0 Å². The maximum atomic E-state index is 12.7. The molecule has 0 spiro atoms. The van der Waals surface area contributed by atoms with E-state index in [0.717, 1.165) is 5.57 Å². The van der Waals surface area contributed by atoms with Gasteiger partial charge in [0.25, 0.3) is 8.32 Å². The van der Waals surface area contributed by atoms with Gasteiger partial charge in [-0.15, -0.1) is 0 Å². The molecule has 2 heterocycles. The number of rotatable bonds is 7. The van der Waals surface area contributed by atoms with Gasteiger partial charge in [-0.25, -0.2) is 4.79 Å². The fourth-order valence-electron chi connectivity index (χ4n) is 5.26. The van der Waals surface area contributed by atoms with Crippen molar-refractivity contribution in [1.82, 2.24) is 0 Å². The molecule has 0 N–H and O–H groups in total.